The molecule has 1 saturated carbocycles. The van der Waals surface area contributed by atoms with Gasteiger partial charge in [-0.3, -0.25) is 0 Å². The Morgan fingerprint density at radius 2 is 2.14 bits per heavy atom. The fourth-order valence-corrected chi connectivity index (χ4v) is 5.15. The van der Waals surface area contributed by atoms with Crippen LogP contribution in [0.4, 0.5) is 0 Å². The fraction of sp³-hybridized carbons (Fsp3) is 0.643. The zero-order valence-corrected chi connectivity index (χ0v) is 14.0. The van der Waals surface area contributed by atoms with Gasteiger partial charge in [0.1, 0.15) is 9.77 Å². The van der Waals surface area contributed by atoms with Crippen molar-refractivity contribution in [3.05, 3.63) is 16.3 Å². The molecule has 0 radical (unpaired) electrons. The molecular formula is C14H19NO5S2. The summed E-state index contributed by atoms with van der Waals surface area (Å²) in [4.78, 5) is 12.4. The van der Waals surface area contributed by atoms with E-state index in [1.807, 2.05) is 0 Å². The lowest BCUT2D eigenvalue weighted by molar-refractivity contribution is 0.0482. The first-order chi connectivity index (χ1) is 10.5. The predicted octanol–water partition coefficient (Wildman–Crippen LogP) is 1.58. The molecule has 122 valence electrons. The molecule has 1 saturated heterocycles. The van der Waals surface area contributed by atoms with Crippen molar-refractivity contribution in [2.24, 2.45) is 11.8 Å². The van der Waals surface area contributed by atoms with Gasteiger partial charge in [0.15, 0.2) is 0 Å². The maximum absolute atomic E-state index is 12.6. The summed E-state index contributed by atoms with van der Waals surface area (Å²) in [6, 6.07) is 1.48. The van der Waals surface area contributed by atoms with Gasteiger partial charge >= 0.3 is 5.97 Å². The molecule has 2 heterocycles. The van der Waals surface area contributed by atoms with Crippen molar-refractivity contribution in [2.75, 3.05) is 32.9 Å². The normalized spacial score (nSPS) is 25.9. The average Bonchev–Trinajstić information content (AvgIpc) is 3.02. The number of rotatable bonds is 5. The highest BCUT2D eigenvalue weighted by atomic mass is 32.2. The standard InChI is InChI=1S/C14H19NO5S2/c1-10-8-11(10)9-20-14(16)13-12(2-7-21-13)22(17,18)15-3-5-19-6-4-15/h2,7,10-11H,3-6,8-9H2,1H3/t10-,11-/m0/s1. The lowest BCUT2D eigenvalue weighted by atomic mass is 10.4. The van der Waals surface area contributed by atoms with Crippen LogP contribution >= 0.6 is 11.3 Å². The minimum Gasteiger partial charge on any atom is -0.461 e. The Balaban J connectivity index is 1.74. The fourth-order valence-electron chi connectivity index (χ4n) is 2.46. The Hall–Kier alpha value is -0.960. The monoisotopic (exact) mass is 345 g/mol. The first-order valence-electron chi connectivity index (χ1n) is 7.32. The van der Waals surface area contributed by atoms with Gasteiger partial charge in [-0.05, 0) is 29.7 Å². The number of morpholine rings is 1. The number of sulfonamides is 1. The summed E-state index contributed by atoms with van der Waals surface area (Å²) in [5, 5.41) is 1.61. The first-order valence-corrected chi connectivity index (χ1v) is 9.64. The van der Waals surface area contributed by atoms with E-state index in [0.717, 1.165) is 17.8 Å². The molecule has 2 aliphatic rings. The van der Waals surface area contributed by atoms with Crippen molar-refractivity contribution in [1.82, 2.24) is 4.31 Å². The third kappa shape index (κ3) is 3.19. The van der Waals surface area contributed by atoms with E-state index in [1.54, 1.807) is 5.38 Å². The Morgan fingerprint density at radius 1 is 1.45 bits per heavy atom. The number of thiophene rings is 1. The molecule has 2 atom stereocenters. The molecule has 8 heteroatoms. The molecule has 1 aliphatic heterocycles. The minimum absolute atomic E-state index is 0.0493. The number of hydrogen-bond acceptors (Lipinski definition) is 6. The summed E-state index contributed by atoms with van der Waals surface area (Å²) in [7, 11) is -3.67. The zero-order valence-electron chi connectivity index (χ0n) is 12.4. The second-order valence-electron chi connectivity index (χ2n) is 5.70. The second-order valence-corrected chi connectivity index (χ2v) is 8.52. The van der Waals surface area contributed by atoms with Crippen molar-refractivity contribution in [3.8, 4) is 0 Å². The van der Waals surface area contributed by atoms with Gasteiger partial charge in [-0.15, -0.1) is 11.3 Å². The molecule has 1 aromatic rings. The van der Waals surface area contributed by atoms with Crippen LogP contribution in [0.25, 0.3) is 0 Å². The minimum atomic E-state index is -3.67. The smallest absolute Gasteiger partial charge is 0.349 e. The summed E-state index contributed by atoms with van der Waals surface area (Å²) in [5.41, 5.74) is 0. The van der Waals surface area contributed by atoms with Crippen molar-refractivity contribution in [1.29, 1.82) is 0 Å². The summed E-state index contributed by atoms with van der Waals surface area (Å²) in [6.45, 7) is 3.86. The highest BCUT2D eigenvalue weighted by Crippen LogP contribution is 2.38. The van der Waals surface area contributed by atoms with Crippen molar-refractivity contribution < 1.29 is 22.7 Å². The van der Waals surface area contributed by atoms with E-state index in [2.05, 4.69) is 6.92 Å². The Morgan fingerprint density at radius 3 is 2.77 bits per heavy atom. The van der Waals surface area contributed by atoms with E-state index in [1.165, 1.54) is 10.4 Å². The van der Waals surface area contributed by atoms with Gasteiger partial charge < -0.3 is 9.47 Å². The van der Waals surface area contributed by atoms with E-state index in [4.69, 9.17) is 9.47 Å². The lowest BCUT2D eigenvalue weighted by Crippen LogP contribution is -2.40. The second kappa shape index (κ2) is 6.27. The molecule has 0 bridgehead atoms. The lowest BCUT2D eigenvalue weighted by Gasteiger charge is -2.25. The predicted molar refractivity (Wildman–Crippen MR) is 81.5 cm³/mol. The van der Waals surface area contributed by atoms with Crippen LogP contribution in [0.1, 0.15) is 23.0 Å². The topological polar surface area (TPSA) is 72.9 Å². The van der Waals surface area contributed by atoms with Gasteiger partial charge in [-0.25, -0.2) is 13.2 Å². The zero-order chi connectivity index (χ0) is 15.7. The SMILES string of the molecule is C[C@H]1C[C@H]1COC(=O)c1sccc1S(=O)(=O)N1CCOCC1. The average molecular weight is 345 g/mol. The molecule has 1 aromatic heterocycles. The summed E-state index contributed by atoms with van der Waals surface area (Å²) < 4.78 is 37.1. The van der Waals surface area contributed by atoms with E-state index >= 15 is 0 Å². The van der Waals surface area contributed by atoms with Crippen molar-refractivity contribution in [3.63, 3.8) is 0 Å². The summed E-state index contributed by atoms with van der Waals surface area (Å²) >= 11 is 1.11. The molecule has 1 aliphatic carbocycles. The maximum atomic E-state index is 12.6. The first kappa shape index (κ1) is 15.9. The summed E-state index contributed by atoms with van der Waals surface area (Å²) in [6.07, 6.45) is 1.07. The van der Waals surface area contributed by atoms with Gasteiger partial charge in [-0.1, -0.05) is 6.92 Å². The third-order valence-corrected chi connectivity index (χ3v) is 7.07. The summed E-state index contributed by atoms with van der Waals surface area (Å²) in [5.74, 6) is 0.469. The van der Waals surface area contributed by atoms with Crippen LogP contribution in [0.2, 0.25) is 0 Å². The van der Waals surface area contributed by atoms with Gasteiger partial charge in [0, 0.05) is 13.1 Å². The number of hydrogen-bond donors (Lipinski definition) is 0. The molecule has 22 heavy (non-hydrogen) atoms. The van der Waals surface area contributed by atoms with Gasteiger partial charge in [0.05, 0.1) is 19.8 Å². The Labute approximate surface area is 134 Å². The van der Waals surface area contributed by atoms with Crippen LogP contribution in [0.15, 0.2) is 16.3 Å². The van der Waals surface area contributed by atoms with E-state index in [0.29, 0.717) is 44.7 Å². The number of ether oxygens (including phenoxy) is 2. The molecular weight excluding hydrogens is 326 g/mol. The largest absolute Gasteiger partial charge is 0.461 e. The number of esters is 1. The van der Waals surface area contributed by atoms with Crippen LogP contribution in [0.3, 0.4) is 0 Å². The van der Waals surface area contributed by atoms with Crippen LogP contribution in [-0.4, -0.2) is 51.6 Å². The Kier molecular flexibility index (Phi) is 4.54. The van der Waals surface area contributed by atoms with E-state index < -0.39 is 16.0 Å². The van der Waals surface area contributed by atoms with Crippen LogP contribution < -0.4 is 0 Å². The van der Waals surface area contributed by atoms with Gasteiger partial charge in [0.2, 0.25) is 10.0 Å². The number of nitrogens with zero attached hydrogens (tertiary/aromatic N) is 1. The molecule has 0 unspecified atom stereocenters. The van der Waals surface area contributed by atoms with Crippen LogP contribution in [0, 0.1) is 11.8 Å². The quantitative estimate of drug-likeness (QED) is 0.758. The Bertz CT molecular complexity index is 648. The van der Waals surface area contributed by atoms with Crippen LogP contribution in [0.5, 0.6) is 0 Å². The molecule has 2 fully saturated rings. The van der Waals surface area contributed by atoms with Crippen molar-refractivity contribution >= 4 is 27.3 Å². The highest BCUT2D eigenvalue weighted by molar-refractivity contribution is 7.89. The molecule has 0 aromatic carbocycles. The van der Waals surface area contributed by atoms with E-state index in [-0.39, 0.29) is 9.77 Å². The molecule has 0 spiro atoms. The maximum Gasteiger partial charge on any atom is 0.349 e. The van der Waals surface area contributed by atoms with Gasteiger partial charge in [-0.2, -0.15) is 4.31 Å². The highest BCUT2D eigenvalue weighted by Gasteiger charge is 2.35. The molecule has 3 rings (SSSR count). The third-order valence-electron chi connectivity index (χ3n) is 4.11. The number of carbonyl (C=O) groups is 1. The van der Waals surface area contributed by atoms with Gasteiger partial charge in [0.25, 0.3) is 0 Å². The number of carbonyl (C=O) groups excluding carboxylic acids is 1. The molecule has 0 N–H and O–H groups in total. The van der Waals surface area contributed by atoms with Crippen LogP contribution in [-0.2, 0) is 19.5 Å². The molecule has 0 amide bonds. The van der Waals surface area contributed by atoms with Crippen molar-refractivity contribution in [2.45, 2.75) is 18.2 Å². The molecule has 6 nitrogen and oxygen atoms in total. The van der Waals surface area contributed by atoms with E-state index in [9.17, 15) is 13.2 Å².